The third-order valence-electron chi connectivity index (χ3n) is 3.81. The molecule has 6 nitrogen and oxygen atoms in total. The van der Waals surface area contributed by atoms with Crippen molar-refractivity contribution in [3.05, 3.63) is 34.9 Å². The lowest BCUT2D eigenvalue weighted by molar-refractivity contribution is -0.145. The standard InChI is InChI=1S/C17H18F6N2O4/c1-3-29-12(26)4-8(2)13(14(24)27)25-15(28)9-5-10(16(18,19)20)7-11(6-9)17(21,22)23/h5-8,13H,3-4H2,1-2H3,(H2,24,27)(H,25,28)/t8-,13-/m0/s1. The Labute approximate surface area is 161 Å². The van der Waals surface area contributed by atoms with Gasteiger partial charge >= 0.3 is 18.3 Å². The summed E-state index contributed by atoms with van der Waals surface area (Å²) in [4.78, 5) is 35.4. The molecular weight excluding hydrogens is 410 g/mol. The maximum Gasteiger partial charge on any atom is 0.416 e. The molecule has 162 valence electrons. The van der Waals surface area contributed by atoms with E-state index in [0.717, 1.165) is 0 Å². The Bertz CT molecular complexity index is 744. The monoisotopic (exact) mass is 428 g/mol. The molecule has 3 N–H and O–H groups in total. The summed E-state index contributed by atoms with van der Waals surface area (Å²) in [5, 5.41) is 1.98. The van der Waals surface area contributed by atoms with E-state index < -0.39 is 58.8 Å². The Morgan fingerprint density at radius 1 is 1.03 bits per heavy atom. The second-order valence-electron chi connectivity index (χ2n) is 6.13. The first-order valence-corrected chi connectivity index (χ1v) is 8.22. The van der Waals surface area contributed by atoms with Gasteiger partial charge in [0.15, 0.2) is 0 Å². The number of benzene rings is 1. The molecule has 0 aromatic heterocycles. The van der Waals surface area contributed by atoms with E-state index in [0.29, 0.717) is 0 Å². The number of ether oxygens (including phenoxy) is 1. The third kappa shape index (κ3) is 6.95. The summed E-state index contributed by atoms with van der Waals surface area (Å²) in [6, 6.07) is -1.22. The molecule has 0 aliphatic heterocycles. The maximum atomic E-state index is 12.9. The van der Waals surface area contributed by atoms with Crippen LogP contribution in [0.25, 0.3) is 0 Å². The van der Waals surface area contributed by atoms with E-state index in [1.807, 2.05) is 5.32 Å². The molecule has 0 saturated carbocycles. The molecule has 2 amide bonds. The van der Waals surface area contributed by atoms with Crippen LogP contribution in [0.1, 0.15) is 41.8 Å². The molecule has 0 fully saturated rings. The van der Waals surface area contributed by atoms with E-state index >= 15 is 0 Å². The zero-order valence-corrected chi connectivity index (χ0v) is 15.3. The van der Waals surface area contributed by atoms with E-state index in [2.05, 4.69) is 4.74 Å². The second-order valence-corrected chi connectivity index (χ2v) is 6.13. The molecule has 0 heterocycles. The lowest BCUT2D eigenvalue weighted by atomic mass is 9.96. The highest BCUT2D eigenvalue weighted by molar-refractivity contribution is 5.97. The van der Waals surface area contributed by atoms with E-state index in [-0.39, 0.29) is 31.2 Å². The van der Waals surface area contributed by atoms with Gasteiger partial charge in [0.25, 0.3) is 5.91 Å². The number of hydrogen-bond donors (Lipinski definition) is 2. The molecule has 0 radical (unpaired) electrons. The lowest BCUT2D eigenvalue weighted by Gasteiger charge is -2.22. The van der Waals surface area contributed by atoms with E-state index in [9.17, 15) is 40.7 Å². The number of halogens is 6. The number of carbonyl (C=O) groups is 3. The van der Waals surface area contributed by atoms with Gasteiger partial charge in [-0.1, -0.05) is 6.92 Å². The van der Waals surface area contributed by atoms with Gasteiger partial charge in [0.05, 0.1) is 24.2 Å². The number of carbonyl (C=O) groups excluding carboxylic acids is 3. The molecule has 1 aromatic rings. The fraction of sp³-hybridized carbons (Fsp3) is 0.471. The van der Waals surface area contributed by atoms with Gasteiger partial charge in [0.1, 0.15) is 6.04 Å². The molecule has 0 unspecified atom stereocenters. The van der Waals surface area contributed by atoms with Crippen molar-refractivity contribution in [1.82, 2.24) is 5.32 Å². The molecule has 0 aliphatic rings. The molecular formula is C17H18F6N2O4. The first-order valence-electron chi connectivity index (χ1n) is 8.22. The summed E-state index contributed by atoms with van der Waals surface area (Å²) in [7, 11) is 0. The number of amides is 2. The van der Waals surface area contributed by atoms with Crippen molar-refractivity contribution in [1.29, 1.82) is 0 Å². The minimum absolute atomic E-state index is 0.0452. The average molecular weight is 428 g/mol. The summed E-state index contributed by atoms with van der Waals surface area (Å²) in [6.45, 7) is 2.91. The number of primary amides is 1. The normalized spacial score (nSPS) is 14.1. The molecule has 0 spiro atoms. The molecule has 1 aromatic carbocycles. The summed E-state index contributed by atoms with van der Waals surface area (Å²) in [6.07, 6.45) is -10.6. The fourth-order valence-corrected chi connectivity index (χ4v) is 2.41. The number of nitrogens with two attached hydrogens (primary N) is 1. The highest BCUT2D eigenvalue weighted by atomic mass is 19.4. The van der Waals surface area contributed by atoms with Gasteiger partial charge in [-0.2, -0.15) is 26.3 Å². The summed E-state index contributed by atoms with van der Waals surface area (Å²) in [5.41, 5.74) is 0.801. The zero-order chi connectivity index (χ0) is 22.6. The van der Waals surface area contributed by atoms with Crippen LogP contribution in [0.5, 0.6) is 0 Å². The molecule has 0 saturated heterocycles. The maximum absolute atomic E-state index is 12.9. The predicted molar refractivity (Wildman–Crippen MR) is 87.3 cm³/mol. The zero-order valence-electron chi connectivity index (χ0n) is 15.3. The van der Waals surface area contributed by atoms with Gasteiger partial charge in [-0.15, -0.1) is 0 Å². The first kappa shape index (κ1) is 24.2. The van der Waals surface area contributed by atoms with Crippen molar-refractivity contribution >= 4 is 17.8 Å². The lowest BCUT2D eigenvalue weighted by Crippen LogP contribution is -2.49. The molecule has 0 aliphatic carbocycles. The first-order chi connectivity index (χ1) is 13.2. The van der Waals surface area contributed by atoms with Crippen LogP contribution in [0, 0.1) is 5.92 Å². The largest absolute Gasteiger partial charge is 0.466 e. The Balaban J connectivity index is 3.20. The van der Waals surface area contributed by atoms with Gasteiger partial charge in [0, 0.05) is 5.56 Å². The number of rotatable bonds is 7. The summed E-state index contributed by atoms with van der Waals surface area (Å²) >= 11 is 0. The Morgan fingerprint density at radius 2 is 1.52 bits per heavy atom. The van der Waals surface area contributed by atoms with Crippen LogP contribution < -0.4 is 11.1 Å². The number of nitrogens with one attached hydrogen (secondary N) is 1. The van der Waals surface area contributed by atoms with Gasteiger partial charge in [-0.25, -0.2) is 0 Å². The quantitative estimate of drug-likeness (QED) is 0.516. The van der Waals surface area contributed by atoms with Gasteiger partial charge in [-0.05, 0) is 31.0 Å². The number of alkyl halides is 6. The Morgan fingerprint density at radius 3 is 1.90 bits per heavy atom. The highest BCUT2D eigenvalue weighted by Gasteiger charge is 2.38. The van der Waals surface area contributed by atoms with Crippen LogP contribution in [0.2, 0.25) is 0 Å². The highest BCUT2D eigenvalue weighted by Crippen LogP contribution is 2.36. The van der Waals surface area contributed by atoms with Crippen molar-refractivity contribution in [2.75, 3.05) is 6.61 Å². The Hall–Kier alpha value is -2.79. The van der Waals surface area contributed by atoms with E-state index in [1.54, 1.807) is 0 Å². The van der Waals surface area contributed by atoms with Crippen molar-refractivity contribution in [3.63, 3.8) is 0 Å². The van der Waals surface area contributed by atoms with Gasteiger partial charge in [-0.3, -0.25) is 14.4 Å². The Kier molecular flexibility index (Phi) is 7.64. The van der Waals surface area contributed by atoms with Crippen molar-refractivity contribution in [3.8, 4) is 0 Å². The molecule has 0 bridgehead atoms. The van der Waals surface area contributed by atoms with Crippen LogP contribution in [0.3, 0.4) is 0 Å². The van der Waals surface area contributed by atoms with Gasteiger partial charge < -0.3 is 15.8 Å². The van der Waals surface area contributed by atoms with Crippen LogP contribution in [-0.4, -0.2) is 30.4 Å². The van der Waals surface area contributed by atoms with Crippen molar-refractivity contribution in [2.45, 2.75) is 38.7 Å². The van der Waals surface area contributed by atoms with E-state index in [1.165, 1.54) is 13.8 Å². The smallest absolute Gasteiger partial charge is 0.416 e. The minimum Gasteiger partial charge on any atom is -0.466 e. The molecule has 1 rings (SSSR count). The average Bonchev–Trinajstić information content (AvgIpc) is 2.57. The molecule has 2 atom stereocenters. The van der Waals surface area contributed by atoms with E-state index in [4.69, 9.17) is 5.73 Å². The SMILES string of the molecule is CCOC(=O)C[C@H](C)[C@H](NC(=O)c1cc(C(F)(F)F)cc(C(F)(F)F)c1)C(N)=O. The summed E-state index contributed by atoms with van der Waals surface area (Å²) < 4.78 is 82.1. The second kappa shape index (κ2) is 9.14. The van der Waals surface area contributed by atoms with Crippen LogP contribution in [0.4, 0.5) is 26.3 Å². The van der Waals surface area contributed by atoms with Crippen LogP contribution in [0.15, 0.2) is 18.2 Å². The number of esters is 1. The summed E-state index contributed by atoms with van der Waals surface area (Å²) in [5.74, 6) is -4.17. The predicted octanol–water partition coefficient (Wildman–Crippen LogP) is 2.90. The van der Waals surface area contributed by atoms with Crippen LogP contribution in [-0.2, 0) is 26.7 Å². The van der Waals surface area contributed by atoms with Crippen molar-refractivity contribution < 1.29 is 45.5 Å². The number of hydrogen-bond acceptors (Lipinski definition) is 4. The molecule has 12 heteroatoms. The van der Waals surface area contributed by atoms with Crippen LogP contribution >= 0.6 is 0 Å². The fourth-order valence-electron chi connectivity index (χ4n) is 2.41. The van der Waals surface area contributed by atoms with Crippen molar-refractivity contribution in [2.24, 2.45) is 11.7 Å². The topological polar surface area (TPSA) is 98.5 Å². The molecule has 29 heavy (non-hydrogen) atoms. The minimum atomic E-state index is -5.14. The third-order valence-corrected chi connectivity index (χ3v) is 3.81. The van der Waals surface area contributed by atoms with Gasteiger partial charge in [0.2, 0.25) is 5.91 Å².